The standard InChI is InChI=1S/C12H16N2O3S/c1-7(15)9-4-3-5-10(6-9)18-8(2)11(16)14-12(13)17/h3-8,15H,1-2H3,(H3,13,14,16,17). The summed E-state index contributed by atoms with van der Waals surface area (Å²) in [6, 6.07) is 6.41. The third kappa shape index (κ3) is 4.38. The number of benzene rings is 1. The van der Waals surface area contributed by atoms with E-state index in [0.29, 0.717) is 0 Å². The molecule has 2 unspecified atom stereocenters. The molecule has 18 heavy (non-hydrogen) atoms. The average molecular weight is 268 g/mol. The number of nitrogens with one attached hydrogen (secondary N) is 1. The number of carbonyl (C=O) groups is 2. The second-order valence-corrected chi connectivity index (χ2v) is 5.28. The predicted molar refractivity (Wildman–Crippen MR) is 70.1 cm³/mol. The van der Waals surface area contributed by atoms with Crippen LogP contribution in [0.15, 0.2) is 29.2 Å². The number of carbonyl (C=O) groups excluding carboxylic acids is 2. The molecule has 0 aliphatic heterocycles. The summed E-state index contributed by atoms with van der Waals surface area (Å²) in [5, 5.41) is 11.0. The largest absolute Gasteiger partial charge is 0.389 e. The molecule has 0 bridgehead atoms. The zero-order chi connectivity index (χ0) is 13.7. The van der Waals surface area contributed by atoms with E-state index in [1.54, 1.807) is 13.8 Å². The number of imide groups is 1. The van der Waals surface area contributed by atoms with Gasteiger partial charge in [-0.3, -0.25) is 10.1 Å². The maximum Gasteiger partial charge on any atom is 0.318 e. The van der Waals surface area contributed by atoms with E-state index in [4.69, 9.17) is 5.73 Å². The van der Waals surface area contributed by atoms with Gasteiger partial charge in [0.15, 0.2) is 0 Å². The van der Waals surface area contributed by atoms with Crippen molar-refractivity contribution in [3.8, 4) is 0 Å². The Morgan fingerprint density at radius 2 is 2.06 bits per heavy atom. The highest BCUT2D eigenvalue weighted by molar-refractivity contribution is 8.00. The molecule has 1 rings (SSSR count). The average Bonchev–Trinajstić information content (AvgIpc) is 2.28. The second kappa shape index (κ2) is 6.42. The van der Waals surface area contributed by atoms with E-state index in [9.17, 15) is 14.7 Å². The van der Waals surface area contributed by atoms with Gasteiger partial charge in [0.05, 0.1) is 11.4 Å². The summed E-state index contributed by atoms with van der Waals surface area (Å²) in [7, 11) is 0. The number of rotatable bonds is 4. The monoisotopic (exact) mass is 268 g/mol. The fourth-order valence-electron chi connectivity index (χ4n) is 1.33. The van der Waals surface area contributed by atoms with E-state index in [0.717, 1.165) is 10.5 Å². The Hall–Kier alpha value is -1.53. The first-order chi connectivity index (χ1) is 8.40. The molecular weight excluding hydrogens is 252 g/mol. The highest BCUT2D eigenvalue weighted by Gasteiger charge is 2.16. The van der Waals surface area contributed by atoms with Gasteiger partial charge in [0.1, 0.15) is 0 Å². The molecule has 0 spiro atoms. The highest BCUT2D eigenvalue weighted by Crippen LogP contribution is 2.26. The Morgan fingerprint density at radius 1 is 1.39 bits per heavy atom. The summed E-state index contributed by atoms with van der Waals surface area (Å²) in [5.41, 5.74) is 5.66. The van der Waals surface area contributed by atoms with E-state index in [1.165, 1.54) is 11.8 Å². The molecule has 0 saturated heterocycles. The van der Waals surface area contributed by atoms with Crippen LogP contribution in [0.25, 0.3) is 0 Å². The van der Waals surface area contributed by atoms with E-state index in [-0.39, 0.29) is 0 Å². The summed E-state index contributed by atoms with van der Waals surface area (Å²) < 4.78 is 0. The molecule has 2 atom stereocenters. The lowest BCUT2D eigenvalue weighted by Gasteiger charge is -2.11. The van der Waals surface area contributed by atoms with Crippen LogP contribution in [0.3, 0.4) is 0 Å². The Labute approximate surface area is 110 Å². The molecule has 98 valence electrons. The van der Waals surface area contributed by atoms with E-state index >= 15 is 0 Å². The molecule has 1 aromatic rings. The fourth-order valence-corrected chi connectivity index (χ4v) is 2.26. The molecule has 0 aliphatic carbocycles. The maximum atomic E-state index is 11.5. The minimum absolute atomic E-state index is 0.435. The number of hydrogen-bond donors (Lipinski definition) is 3. The first-order valence-electron chi connectivity index (χ1n) is 5.45. The zero-order valence-corrected chi connectivity index (χ0v) is 11.0. The molecule has 4 N–H and O–H groups in total. The zero-order valence-electron chi connectivity index (χ0n) is 10.2. The molecule has 1 aromatic carbocycles. The van der Waals surface area contributed by atoms with Crippen LogP contribution in [-0.2, 0) is 4.79 Å². The van der Waals surface area contributed by atoms with Gasteiger partial charge in [-0.15, -0.1) is 11.8 Å². The summed E-state index contributed by atoms with van der Waals surface area (Å²) in [6.45, 7) is 3.35. The third-order valence-corrected chi connectivity index (χ3v) is 3.36. The summed E-state index contributed by atoms with van der Waals surface area (Å²) in [6.07, 6.45) is -0.555. The highest BCUT2D eigenvalue weighted by atomic mass is 32.2. The molecule has 6 heteroatoms. The Kier molecular flexibility index (Phi) is 5.18. The first-order valence-corrected chi connectivity index (χ1v) is 6.33. The van der Waals surface area contributed by atoms with Crippen LogP contribution in [0.2, 0.25) is 0 Å². The Morgan fingerprint density at radius 3 is 2.61 bits per heavy atom. The van der Waals surface area contributed by atoms with Gasteiger partial charge in [-0.25, -0.2) is 4.79 Å². The SMILES string of the molecule is CC(Sc1cccc(C(C)O)c1)C(=O)NC(N)=O. The van der Waals surface area contributed by atoms with Gasteiger partial charge in [-0.1, -0.05) is 12.1 Å². The molecule has 0 aliphatic rings. The topological polar surface area (TPSA) is 92.4 Å². The van der Waals surface area contributed by atoms with Gasteiger partial charge in [-0.05, 0) is 31.5 Å². The normalized spacial score (nSPS) is 13.7. The van der Waals surface area contributed by atoms with E-state index in [1.807, 2.05) is 29.6 Å². The summed E-state index contributed by atoms with van der Waals surface area (Å²) in [5.74, 6) is -0.435. The van der Waals surface area contributed by atoms with Crippen molar-refractivity contribution >= 4 is 23.7 Å². The fraction of sp³-hybridized carbons (Fsp3) is 0.333. The summed E-state index contributed by atoms with van der Waals surface area (Å²) in [4.78, 5) is 22.9. The Bertz CT molecular complexity index is 449. The van der Waals surface area contributed by atoms with Crippen molar-refractivity contribution in [1.29, 1.82) is 0 Å². The molecule has 0 aromatic heterocycles. The lowest BCUT2D eigenvalue weighted by molar-refractivity contribution is -0.119. The van der Waals surface area contributed by atoms with E-state index < -0.39 is 23.3 Å². The van der Waals surface area contributed by atoms with Gasteiger partial charge in [0.2, 0.25) is 5.91 Å². The smallest absolute Gasteiger partial charge is 0.318 e. The molecule has 0 heterocycles. The van der Waals surface area contributed by atoms with Crippen LogP contribution in [-0.4, -0.2) is 22.3 Å². The van der Waals surface area contributed by atoms with Crippen LogP contribution >= 0.6 is 11.8 Å². The number of nitrogens with two attached hydrogens (primary N) is 1. The lowest BCUT2D eigenvalue weighted by Crippen LogP contribution is -2.39. The van der Waals surface area contributed by atoms with E-state index in [2.05, 4.69) is 0 Å². The molecule has 0 radical (unpaired) electrons. The van der Waals surface area contributed by atoms with Gasteiger partial charge in [-0.2, -0.15) is 0 Å². The molecule has 3 amide bonds. The van der Waals surface area contributed by atoms with Crippen molar-refractivity contribution in [1.82, 2.24) is 5.32 Å². The van der Waals surface area contributed by atoms with Crippen molar-refractivity contribution in [2.45, 2.75) is 30.1 Å². The first kappa shape index (κ1) is 14.5. The molecule has 0 saturated carbocycles. The van der Waals surface area contributed by atoms with Crippen molar-refractivity contribution in [3.63, 3.8) is 0 Å². The second-order valence-electron chi connectivity index (χ2n) is 3.86. The van der Waals surface area contributed by atoms with Crippen molar-refractivity contribution in [2.24, 2.45) is 5.73 Å². The number of thioether (sulfide) groups is 1. The van der Waals surface area contributed by atoms with Gasteiger partial charge >= 0.3 is 6.03 Å². The summed E-state index contributed by atoms with van der Waals surface area (Å²) >= 11 is 1.29. The lowest BCUT2D eigenvalue weighted by atomic mass is 10.1. The molecule has 0 fully saturated rings. The van der Waals surface area contributed by atoms with Gasteiger partial charge in [0.25, 0.3) is 0 Å². The van der Waals surface area contributed by atoms with Crippen LogP contribution < -0.4 is 11.1 Å². The number of hydrogen-bond acceptors (Lipinski definition) is 4. The number of aliphatic hydroxyl groups excluding tert-OH is 1. The third-order valence-electron chi connectivity index (χ3n) is 2.27. The minimum atomic E-state index is -0.856. The number of primary amides is 1. The number of aliphatic hydroxyl groups is 1. The van der Waals surface area contributed by atoms with Crippen molar-refractivity contribution in [3.05, 3.63) is 29.8 Å². The van der Waals surface area contributed by atoms with Crippen LogP contribution in [0.4, 0.5) is 4.79 Å². The number of amides is 3. The van der Waals surface area contributed by atoms with Gasteiger partial charge in [0, 0.05) is 4.90 Å². The Balaban J connectivity index is 2.69. The molecular formula is C12H16N2O3S. The van der Waals surface area contributed by atoms with Crippen molar-refractivity contribution in [2.75, 3.05) is 0 Å². The maximum absolute atomic E-state index is 11.5. The van der Waals surface area contributed by atoms with Crippen LogP contribution in [0.5, 0.6) is 0 Å². The molecule has 5 nitrogen and oxygen atoms in total. The predicted octanol–water partition coefficient (Wildman–Crippen LogP) is 1.42. The number of urea groups is 1. The van der Waals surface area contributed by atoms with Gasteiger partial charge < -0.3 is 10.8 Å². The quantitative estimate of drug-likeness (QED) is 0.720. The minimum Gasteiger partial charge on any atom is -0.389 e. The van der Waals surface area contributed by atoms with Crippen molar-refractivity contribution < 1.29 is 14.7 Å². The van der Waals surface area contributed by atoms with Crippen LogP contribution in [0.1, 0.15) is 25.5 Å². The van der Waals surface area contributed by atoms with Crippen LogP contribution in [0, 0.1) is 0 Å².